The highest BCUT2D eigenvalue weighted by Gasteiger charge is 2.09. The molecule has 0 heterocycles. The van der Waals surface area contributed by atoms with E-state index >= 15 is 0 Å². The summed E-state index contributed by atoms with van der Waals surface area (Å²) in [6.45, 7) is 0. The molecule has 0 bridgehead atoms. The summed E-state index contributed by atoms with van der Waals surface area (Å²) in [5.41, 5.74) is 6.14. The molecule has 3 N–H and O–H groups in total. The van der Waals surface area contributed by atoms with Crippen molar-refractivity contribution in [1.82, 2.24) is 0 Å². The lowest BCUT2D eigenvalue weighted by molar-refractivity contribution is 0.102. The third-order valence-electron chi connectivity index (χ3n) is 2.59. The topological polar surface area (TPSA) is 64.3 Å². The Bertz CT molecular complexity index is 614. The van der Waals surface area contributed by atoms with E-state index in [0.29, 0.717) is 11.4 Å². The van der Waals surface area contributed by atoms with Crippen molar-refractivity contribution in [3.8, 4) is 5.75 Å². The van der Waals surface area contributed by atoms with Crippen LogP contribution in [-0.4, -0.2) is 13.0 Å². The van der Waals surface area contributed by atoms with Gasteiger partial charge in [-0.25, -0.2) is 4.39 Å². The van der Waals surface area contributed by atoms with Crippen LogP contribution in [-0.2, 0) is 0 Å². The molecule has 19 heavy (non-hydrogen) atoms. The number of benzene rings is 2. The van der Waals surface area contributed by atoms with E-state index in [2.05, 4.69) is 5.32 Å². The number of amides is 1. The first-order chi connectivity index (χ1) is 9.10. The molecule has 5 heteroatoms. The fourth-order valence-corrected chi connectivity index (χ4v) is 1.57. The molecule has 0 radical (unpaired) electrons. The van der Waals surface area contributed by atoms with Crippen LogP contribution < -0.4 is 15.8 Å². The number of carbonyl (C=O) groups excluding carboxylic acids is 1. The largest absolute Gasteiger partial charge is 0.497 e. The van der Waals surface area contributed by atoms with Gasteiger partial charge in [-0.1, -0.05) is 6.07 Å². The number of nitrogens with two attached hydrogens (primary N) is 1. The van der Waals surface area contributed by atoms with Crippen molar-refractivity contribution in [2.75, 3.05) is 18.2 Å². The van der Waals surface area contributed by atoms with Crippen molar-refractivity contribution in [2.45, 2.75) is 0 Å². The summed E-state index contributed by atoms with van der Waals surface area (Å²) in [7, 11) is 1.54. The number of ether oxygens (including phenoxy) is 1. The van der Waals surface area contributed by atoms with E-state index in [1.807, 2.05) is 0 Å². The Morgan fingerprint density at radius 1 is 1.26 bits per heavy atom. The molecule has 2 aromatic carbocycles. The van der Waals surface area contributed by atoms with Crippen LogP contribution in [0.2, 0.25) is 0 Å². The zero-order chi connectivity index (χ0) is 13.8. The highest BCUT2D eigenvalue weighted by molar-refractivity contribution is 6.04. The fraction of sp³-hybridized carbons (Fsp3) is 0.0714. The molecule has 4 nitrogen and oxygen atoms in total. The van der Waals surface area contributed by atoms with Gasteiger partial charge in [0.15, 0.2) is 0 Å². The molecular formula is C14H13FN2O2. The molecule has 0 aromatic heterocycles. The van der Waals surface area contributed by atoms with Crippen molar-refractivity contribution in [1.29, 1.82) is 0 Å². The lowest BCUT2D eigenvalue weighted by Crippen LogP contribution is -2.12. The molecular weight excluding hydrogens is 247 g/mol. The van der Waals surface area contributed by atoms with Crippen LogP contribution in [0.25, 0.3) is 0 Å². The third-order valence-corrected chi connectivity index (χ3v) is 2.59. The number of methoxy groups -OCH3 is 1. The summed E-state index contributed by atoms with van der Waals surface area (Å²) in [6.07, 6.45) is 0. The minimum atomic E-state index is -0.613. The third kappa shape index (κ3) is 3.01. The number of hydrogen-bond donors (Lipinski definition) is 2. The number of nitrogen functional groups attached to an aromatic ring is 1. The Hall–Kier alpha value is -2.56. The van der Waals surface area contributed by atoms with Gasteiger partial charge in [0.2, 0.25) is 0 Å². The molecule has 0 aliphatic carbocycles. The van der Waals surface area contributed by atoms with Crippen molar-refractivity contribution in [3.63, 3.8) is 0 Å². The van der Waals surface area contributed by atoms with Crippen LogP contribution >= 0.6 is 0 Å². The molecule has 0 saturated heterocycles. The van der Waals surface area contributed by atoms with Gasteiger partial charge in [-0.3, -0.25) is 4.79 Å². The first-order valence-electron chi connectivity index (χ1n) is 5.60. The number of rotatable bonds is 3. The zero-order valence-electron chi connectivity index (χ0n) is 10.3. The van der Waals surface area contributed by atoms with E-state index in [9.17, 15) is 9.18 Å². The maximum atomic E-state index is 13.3. The number of nitrogens with one attached hydrogen (secondary N) is 1. The molecule has 1 amide bonds. The molecule has 2 rings (SSSR count). The summed E-state index contributed by atoms with van der Waals surface area (Å²) in [6, 6.07) is 10.8. The number of anilines is 2. The van der Waals surface area contributed by atoms with Gasteiger partial charge in [0.05, 0.1) is 12.8 Å². The number of halogens is 1. The smallest absolute Gasteiger partial charge is 0.255 e. The predicted molar refractivity (Wildman–Crippen MR) is 71.8 cm³/mol. The summed E-state index contributed by atoms with van der Waals surface area (Å²) in [4.78, 5) is 11.9. The maximum absolute atomic E-state index is 13.3. The van der Waals surface area contributed by atoms with Gasteiger partial charge in [-0.2, -0.15) is 0 Å². The van der Waals surface area contributed by atoms with Crippen LogP contribution in [0.5, 0.6) is 5.75 Å². The molecule has 0 fully saturated rings. The minimum Gasteiger partial charge on any atom is -0.497 e. The second-order valence-corrected chi connectivity index (χ2v) is 3.92. The van der Waals surface area contributed by atoms with E-state index in [-0.39, 0.29) is 11.3 Å². The second kappa shape index (κ2) is 5.39. The Morgan fingerprint density at radius 2 is 2.05 bits per heavy atom. The van der Waals surface area contributed by atoms with Gasteiger partial charge in [0.25, 0.3) is 5.91 Å². The normalized spacial score (nSPS) is 10.0. The summed E-state index contributed by atoms with van der Waals surface area (Å²) in [5, 5.41) is 2.65. The van der Waals surface area contributed by atoms with Crippen LogP contribution in [0.3, 0.4) is 0 Å². The van der Waals surface area contributed by atoms with Gasteiger partial charge in [-0.05, 0) is 30.3 Å². The first kappa shape index (κ1) is 12.9. The zero-order valence-corrected chi connectivity index (χ0v) is 10.3. The summed E-state index contributed by atoms with van der Waals surface area (Å²) < 4.78 is 18.3. The molecule has 0 atom stereocenters. The van der Waals surface area contributed by atoms with Crippen LogP contribution in [0.4, 0.5) is 15.8 Å². The molecule has 98 valence electrons. The Morgan fingerprint density at radius 3 is 2.74 bits per heavy atom. The van der Waals surface area contributed by atoms with Crippen LogP contribution in [0, 0.1) is 5.82 Å². The molecule has 0 aliphatic heterocycles. The summed E-state index contributed by atoms with van der Waals surface area (Å²) >= 11 is 0. The molecule has 0 aliphatic rings. The Kier molecular flexibility index (Phi) is 3.66. The van der Waals surface area contributed by atoms with E-state index in [0.717, 1.165) is 6.07 Å². The monoisotopic (exact) mass is 260 g/mol. The van der Waals surface area contributed by atoms with Crippen molar-refractivity contribution >= 4 is 17.3 Å². The fourth-order valence-electron chi connectivity index (χ4n) is 1.57. The average Bonchev–Trinajstić information content (AvgIpc) is 2.42. The first-order valence-corrected chi connectivity index (χ1v) is 5.60. The van der Waals surface area contributed by atoms with Crippen molar-refractivity contribution in [2.24, 2.45) is 0 Å². The van der Waals surface area contributed by atoms with Gasteiger partial charge < -0.3 is 15.8 Å². The average molecular weight is 260 g/mol. The van der Waals surface area contributed by atoms with Crippen molar-refractivity contribution < 1.29 is 13.9 Å². The molecule has 2 aromatic rings. The highest BCUT2D eigenvalue weighted by atomic mass is 19.1. The predicted octanol–water partition coefficient (Wildman–Crippen LogP) is 2.67. The van der Waals surface area contributed by atoms with Gasteiger partial charge in [0.1, 0.15) is 11.6 Å². The number of hydrogen-bond acceptors (Lipinski definition) is 3. The lowest BCUT2D eigenvalue weighted by Gasteiger charge is -2.07. The SMILES string of the molecule is COc1cccc(NC(=O)c2ccc(N)c(F)c2)c1. The Balaban J connectivity index is 2.18. The van der Waals surface area contributed by atoms with Crippen LogP contribution in [0.1, 0.15) is 10.4 Å². The Labute approximate surface area is 110 Å². The second-order valence-electron chi connectivity index (χ2n) is 3.92. The van der Waals surface area contributed by atoms with Crippen molar-refractivity contribution in [3.05, 3.63) is 53.8 Å². The van der Waals surface area contributed by atoms with Crippen LogP contribution in [0.15, 0.2) is 42.5 Å². The minimum absolute atomic E-state index is 0.0120. The van der Waals surface area contributed by atoms with E-state index in [1.54, 1.807) is 24.3 Å². The highest BCUT2D eigenvalue weighted by Crippen LogP contribution is 2.18. The maximum Gasteiger partial charge on any atom is 0.255 e. The lowest BCUT2D eigenvalue weighted by atomic mass is 10.2. The molecule has 0 unspecified atom stereocenters. The molecule has 0 spiro atoms. The van der Waals surface area contributed by atoms with E-state index < -0.39 is 11.7 Å². The van der Waals surface area contributed by atoms with Gasteiger partial charge >= 0.3 is 0 Å². The standard InChI is InChI=1S/C14H13FN2O2/c1-19-11-4-2-3-10(8-11)17-14(18)9-5-6-13(16)12(15)7-9/h2-8H,16H2,1H3,(H,17,18). The van der Waals surface area contributed by atoms with Gasteiger partial charge in [0, 0.05) is 17.3 Å². The van der Waals surface area contributed by atoms with E-state index in [1.165, 1.54) is 19.2 Å². The summed E-state index contributed by atoms with van der Waals surface area (Å²) in [5.74, 6) is -0.397. The van der Waals surface area contributed by atoms with Gasteiger partial charge in [-0.15, -0.1) is 0 Å². The van der Waals surface area contributed by atoms with E-state index in [4.69, 9.17) is 10.5 Å². The quantitative estimate of drug-likeness (QED) is 0.834. The number of carbonyl (C=O) groups is 1. The molecule has 0 saturated carbocycles.